The molecule has 0 radical (unpaired) electrons. The highest BCUT2D eigenvalue weighted by atomic mass is 19.3. The number of carbonyl (C=O) groups excluding carboxylic acids is 1. The van der Waals surface area contributed by atoms with Gasteiger partial charge in [0.05, 0.1) is 0 Å². The van der Waals surface area contributed by atoms with Gasteiger partial charge in [-0.1, -0.05) is 26.8 Å². The lowest BCUT2D eigenvalue weighted by Gasteiger charge is -2.33. The maximum atomic E-state index is 12.5. The number of allylic oxidation sites excluding steroid dienone is 2. The molecule has 0 bridgehead atoms. The van der Waals surface area contributed by atoms with Gasteiger partial charge in [-0.15, -0.1) is 0 Å². The largest absolute Gasteiger partial charge is 0.295 e. The van der Waals surface area contributed by atoms with Crippen molar-refractivity contribution in [2.45, 2.75) is 39.5 Å². The van der Waals surface area contributed by atoms with Gasteiger partial charge >= 0.3 is 0 Å². The summed E-state index contributed by atoms with van der Waals surface area (Å²) in [4.78, 5) is 11.4. The molecule has 1 saturated carbocycles. The fraction of sp³-hybridized carbons (Fsp3) is 0.750. The summed E-state index contributed by atoms with van der Waals surface area (Å²) in [6, 6.07) is 0. The topological polar surface area (TPSA) is 17.1 Å². The van der Waals surface area contributed by atoms with Crippen molar-refractivity contribution in [3.8, 4) is 0 Å². The zero-order chi connectivity index (χ0) is 11.6. The maximum Gasteiger partial charge on any atom is 0.249 e. The van der Waals surface area contributed by atoms with Gasteiger partial charge in [0, 0.05) is 18.8 Å². The summed E-state index contributed by atoms with van der Waals surface area (Å²) in [5.41, 5.74) is 0. The Morgan fingerprint density at radius 3 is 2.27 bits per heavy atom. The van der Waals surface area contributed by atoms with Crippen molar-refractivity contribution in [3.63, 3.8) is 0 Å². The van der Waals surface area contributed by atoms with E-state index >= 15 is 0 Å². The van der Waals surface area contributed by atoms with Gasteiger partial charge in [-0.3, -0.25) is 4.79 Å². The Labute approximate surface area is 89.6 Å². The molecule has 0 aliphatic heterocycles. The van der Waals surface area contributed by atoms with Crippen LogP contribution in [0.25, 0.3) is 0 Å². The van der Waals surface area contributed by atoms with E-state index in [9.17, 15) is 13.6 Å². The average Bonchev–Trinajstić information content (AvgIpc) is 2.09. The second kappa shape index (κ2) is 4.42. The molecule has 1 fully saturated rings. The Kier molecular flexibility index (Phi) is 3.63. The fourth-order valence-electron chi connectivity index (χ4n) is 1.47. The van der Waals surface area contributed by atoms with Crippen molar-refractivity contribution in [3.05, 3.63) is 12.2 Å². The Morgan fingerprint density at radius 2 is 1.87 bits per heavy atom. The molecule has 0 heterocycles. The van der Waals surface area contributed by atoms with Crippen LogP contribution < -0.4 is 0 Å². The number of hydrogen-bond acceptors (Lipinski definition) is 1. The van der Waals surface area contributed by atoms with Crippen LogP contribution in [0.5, 0.6) is 0 Å². The summed E-state index contributed by atoms with van der Waals surface area (Å²) in [6.07, 6.45) is 2.76. The van der Waals surface area contributed by atoms with Crippen molar-refractivity contribution in [1.29, 1.82) is 0 Å². The van der Waals surface area contributed by atoms with Gasteiger partial charge in [-0.05, 0) is 17.9 Å². The Hall–Kier alpha value is -0.730. The molecule has 1 aliphatic carbocycles. The van der Waals surface area contributed by atoms with E-state index in [-0.39, 0.29) is 18.6 Å². The first-order chi connectivity index (χ1) is 6.82. The number of hydrogen-bond donors (Lipinski definition) is 0. The second-order valence-corrected chi connectivity index (χ2v) is 4.83. The second-order valence-electron chi connectivity index (χ2n) is 4.83. The minimum atomic E-state index is -2.60. The summed E-state index contributed by atoms with van der Waals surface area (Å²) in [5.74, 6) is -2.41. The molecule has 86 valence electrons. The molecule has 0 aromatic rings. The molecule has 3 heteroatoms. The van der Waals surface area contributed by atoms with E-state index in [0.717, 1.165) is 0 Å². The summed E-state index contributed by atoms with van der Waals surface area (Å²) in [7, 11) is 0. The van der Waals surface area contributed by atoms with Gasteiger partial charge in [0.25, 0.3) is 0 Å². The van der Waals surface area contributed by atoms with Crippen molar-refractivity contribution in [2.24, 2.45) is 17.8 Å². The molecular formula is C12H18F2O. The van der Waals surface area contributed by atoms with Crippen molar-refractivity contribution >= 4 is 5.78 Å². The van der Waals surface area contributed by atoms with E-state index in [1.54, 1.807) is 0 Å². The van der Waals surface area contributed by atoms with Crippen LogP contribution in [0.1, 0.15) is 33.6 Å². The predicted octanol–water partition coefficient (Wildman–Crippen LogP) is 3.45. The van der Waals surface area contributed by atoms with Crippen molar-refractivity contribution in [1.82, 2.24) is 0 Å². The van der Waals surface area contributed by atoms with Crippen LogP contribution in [0.3, 0.4) is 0 Å². The van der Waals surface area contributed by atoms with E-state index in [2.05, 4.69) is 13.8 Å². The molecule has 1 nitrogen and oxygen atoms in total. The Morgan fingerprint density at radius 1 is 1.33 bits per heavy atom. The maximum absolute atomic E-state index is 12.5. The van der Waals surface area contributed by atoms with Crippen LogP contribution in [0, 0.1) is 17.8 Å². The van der Waals surface area contributed by atoms with Gasteiger partial charge in [0.1, 0.15) is 0 Å². The van der Waals surface area contributed by atoms with Crippen molar-refractivity contribution in [2.75, 3.05) is 0 Å². The molecule has 0 unspecified atom stereocenters. The quantitative estimate of drug-likeness (QED) is 0.658. The minimum absolute atomic E-state index is 0.145. The van der Waals surface area contributed by atoms with Crippen LogP contribution in [0.2, 0.25) is 0 Å². The number of ketones is 1. The zero-order valence-electron chi connectivity index (χ0n) is 9.47. The highest BCUT2D eigenvalue weighted by Crippen LogP contribution is 2.42. The van der Waals surface area contributed by atoms with Crippen molar-refractivity contribution < 1.29 is 13.6 Å². The summed E-state index contributed by atoms with van der Waals surface area (Å²) >= 11 is 0. The molecule has 0 N–H and O–H groups in total. The SMILES string of the molecule is CC(C)[C@@H](C)/C=C/C(=O)C1CC(F)(F)C1. The lowest BCUT2D eigenvalue weighted by atomic mass is 9.78. The molecule has 15 heavy (non-hydrogen) atoms. The highest BCUT2D eigenvalue weighted by Gasteiger charge is 2.47. The molecule has 0 spiro atoms. The first kappa shape index (κ1) is 12.3. The van der Waals surface area contributed by atoms with Gasteiger partial charge in [0.2, 0.25) is 5.92 Å². The van der Waals surface area contributed by atoms with E-state index < -0.39 is 11.8 Å². The van der Waals surface area contributed by atoms with Crippen LogP contribution in [-0.2, 0) is 4.79 Å². The van der Waals surface area contributed by atoms with E-state index in [1.807, 2.05) is 13.0 Å². The normalized spacial score (nSPS) is 23.1. The predicted molar refractivity (Wildman–Crippen MR) is 55.8 cm³/mol. The average molecular weight is 216 g/mol. The third kappa shape index (κ3) is 3.40. The summed E-state index contributed by atoms with van der Waals surface area (Å²) in [6.45, 7) is 6.15. The third-order valence-electron chi connectivity index (χ3n) is 3.11. The smallest absolute Gasteiger partial charge is 0.249 e. The molecule has 1 atom stereocenters. The van der Waals surface area contributed by atoms with Crippen LogP contribution in [-0.4, -0.2) is 11.7 Å². The minimum Gasteiger partial charge on any atom is -0.295 e. The van der Waals surface area contributed by atoms with Gasteiger partial charge < -0.3 is 0 Å². The first-order valence-corrected chi connectivity index (χ1v) is 5.42. The fourth-order valence-corrected chi connectivity index (χ4v) is 1.47. The molecular weight excluding hydrogens is 198 g/mol. The molecule has 0 aromatic heterocycles. The Balaban J connectivity index is 2.37. The van der Waals surface area contributed by atoms with Gasteiger partial charge in [-0.2, -0.15) is 0 Å². The van der Waals surface area contributed by atoms with Crippen LogP contribution in [0.15, 0.2) is 12.2 Å². The van der Waals surface area contributed by atoms with Gasteiger partial charge in [-0.25, -0.2) is 8.78 Å². The van der Waals surface area contributed by atoms with Crippen LogP contribution in [0.4, 0.5) is 8.78 Å². The lowest BCUT2D eigenvalue weighted by Crippen LogP contribution is -2.39. The molecule has 1 aliphatic rings. The van der Waals surface area contributed by atoms with Gasteiger partial charge in [0.15, 0.2) is 5.78 Å². The number of alkyl halides is 2. The first-order valence-electron chi connectivity index (χ1n) is 5.42. The van der Waals surface area contributed by atoms with E-state index in [1.165, 1.54) is 6.08 Å². The summed E-state index contributed by atoms with van der Waals surface area (Å²) in [5, 5.41) is 0. The lowest BCUT2D eigenvalue weighted by molar-refractivity contribution is -0.143. The Bertz CT molecular complexity index is 261. The third-order valence-corrected chi connectivity index (χ3v) is 3.11. The van der Waals surface area contributed by atoms with Crippen LogP contribution >= 0.6 is 0 Å². The molecule has 0 amide bonds. The number of halogens is 2. The van der Waals surface area contributed by atoms with E-state index in [4.69, 9.17) is 0 Å². The molecule has 1 rings (SSSR count). The molecule has 0 aromatic carbocycles. The monoisotopic (exact) mass is 216 g/mol. The molecule has 0 saturated heterocycles. The van der Waals surface area contributed by atoms with E-state index in [0.29, 0.717) is 11.8 Å². The zero-order valence-corrected chi connectivity index (χ0v) is 9.47. The number of carbonyl (C=O) groups is 1. The number of rotatable bonds is 4. The summed E-state index contributed by atoms with van der Waals surface area (Å²) < 4.78 is 25.0. The standard InChI is InChI=1S/C12H18F2O/c1-8(2)9(3)4-5-11(15)10-6-12(13,14)7-10/h4-5,8-10H,6-7H2,1-3H3/b5-4+/t9-/m0/s1. The highest BCUT2D eigenvalue weighted by molar-refractivity contribution is 5.92.